The Bertz CT molecular complexity index is 826. The minimum atomic E-state index is -0.159. The summed E-state index contributed by atoms with van der Waals surface area (Å²) in [6.45, 7) is 6.12. The van der Waals surface area contributed by atoms with Gasteiger partial charge in [-0.3, -0.25) is 15.1 Å². The van der Waals surface area contributed by atoms with Crippen molar-refractivity contribution in [2.45, 2.75) is 13.8 Å². The third-order valence-corrected chi connectivity index (χ3v) is 4.67. The molecule has 3 rings (SSSR count). The normalized spacial score (nSPS) is 10.5. The molecule has 5 nitrogen and oxygen atoms in total. The van der Waals surface area contributed by atoms with Crippen molar-refractivity contribution < 1.29 is 4.79 Å². The van der Waals surface area contributed by atoms with Gasteiger partial charge in [0.2, 0.25) is 0 Å². The van der Waals surface area contributed by atoms with E-state index >= 15 is 0 Å². The van der Waals surface area contributed by atoms with E-state index < -0.39 is 0 Å². The highest BCUT2D eigenvalue weighted by Crippen LogP contribution is 2.24. The van der Waals surface area contributed by atoms with E-state index in [0.717, 1.165) is 30.2 Å². The number of hydrogen-bond donors (Lipinski definition) is 1. The molecule has 0 unspecified atom stereocenters. The first kappa shape index (κ1) is 17.1. The maximum atomic E-state index is 12.4. The first-order valence-corrected chi connectivity index (χ1v) is 9.12. The molecular weight excluding hydrogens is 332 g/mol. The molecule has 2 aromatic heterocycles. The van der Waals surface area contributed by atoms with Crippen LogP contribution in [0.2, 0.25) is 0 Å². The lowest BCUT2D eigenvalue weighted by molar-refractivity contribution is 0.102. The SMILES string of the molecule is CCN(CC)c1ccc(C(=O)Nc2nc(-c3ccccn3)cs2)cc1. The van der Waals surface area contributed by atoms with E-state index in [2.05, 4.69) is 34.0 Å². The number of carbonyl (C=O) groups excluding carboxylic acids is 1. The second-order valence-electron chi connectivity index (χ2n) is 5.43. The van der Waals surface area contributed by atoms with Crippen molar-refractivity contribution >= 4 is 28.1 Å². The summed E-state index contributed by atoms with van der Waals surface area (Å²) in [7, 11) is 0. The molecule has 128 valence electrons. The maximum absolute atomic E-state index is 12.4. The highest BCUT2D eigenvalue weighted by Gasteiger charge is 2.11. The lowest BCUT2D eigenvalue weighted by Crippen LogP contribution is -2.21. The number of nitrogens with one attached hydrogen (secondary N) is 1. The molecule has 0 aliphatic heterocycles. The van der Waals surface area contributed by atoms with Crippen LogP contribution in [0.1, 0.15) is 24.2 Å². The summed E-state index contributed by atoms with van der Waals surface area (Å²) in [6, 6.07) is 13.3. The third kappa shape index (κ3) is 4.03. The van der Waals surface area contributed by atoms with Crippen molar-refractivity contribution in [3.8, 4) is 11.4 Å². The average Bonchev–Trinajstić information content (AvgIpc) is 3.12. The highest BCUT2D eigenvalue weighted by molar-refractivity contribution is 7.14. The number of benzene rings is 1. The first-order chi connectivity index (χ1) is 12.2. The van der Waals surface area contributed by atoms with Crippen LogP contribution in [0.25, 0.3) is 11.4 Å². The molecule has 1 N–H and O–H groups in total. The zero-order chi connectivity index (χ0) is 17.6. The summed E-state index contributed by atoms with van der Waals surface area (Å²) in [5.41, 5.74) is 3.29. The Kier molecular flexibility index (Phi) is 5.40. The van der Waals surface area contributed by atoms with Gasteiger partial charge in [-0.05, 0) is 50.2 Å². The predicted octanol–water partition coefficient (Wildman–Crippen LogP) is 4.30. The molecule has 0 saturated heterocycles. The summed E-state index contributed by atoms with van der Waals surface area (Å²) in [4.78, 5) is 23.3. The lowest BCUT2D eigenvalue weighted by Gasteiger charge is -2.20. The molecule has 0 spiro atoms. The number of carbonyl (C=O) groups is 1. The Morgan fingerprint density at radius 3 is 2.48 bits per heavy atom. The van der Waals surface area contributed by atoms with Crippen LogP contribution in [0.3, 0.4) is 0 Å². The molecule has 0 aliphatic carbocycles. The van der Waals surface area contributed by atoms with Crippen molar-refractivity contribution in [1.82, 2.24) is 9.97 Å². The van der Waals surface area contributed by atoms with E-state index in [4.69, 9.17) is 0 Å². The number of anilines is 2. The molecule has 2 heterocycles. The molecule has 25 heavy (non-hydrogen) atoms. The van der Waals surface area contributed by atoms with E-state index in [1.54, 1.807) is 6.20 Å². The zero-order valence-electron chi connectivity index (χ0n) is 14.3. The second kappa shape index (κ2) is 7.90. The van der Waals surface area contributed by atoms with Gasteiger partial charge in [-0.2, -0.15) is 0 Å². The second-order valence-corrected chi connectivity index (χ2v) is 6.28. The molecule has 1 aromatic carbocycles. The molecule has 0 aliphatic rings. The third-order valence-electron chi connectivity index (χ3n) is 3.91. The molecule has 0 atom stereocenters. The molecule has 3 aromatic rings. The fourth-order valence-corrected chi connectivity index (χ4v) is 3.24. The van der Waals surface area contributed by atoms with Crippen LogP contribution < -0.4 is 10.2 Å². The Balaban J connectivity index is 1.69. The van der Waals surface area contributed by atoms with E-state index in [-0.39, 0.29) is 5.91 Å². The van der Waals surface area contributed by atoms with E-state index in [1.165, 1.54) is 11.3 Å². The van der Waals surface area contributed by atoms with Gasteiger partial charge >= 0.3 is 0 Å². The van der Waals surface area contributed by atoms with Gasteiger partial charge in [0.15, 0.2) is 5.13 Å². The fourth-order valence-electron chi connectivity index (χ4n) is 2.54. The van der Waals surface area contributed by atoms with Crippen LogP contribution >= 0.6 is 11.3 Å². The smallest absolute Gasteiger partial charge is 0.257 e. The zero-order valence-corrected chi connectivity index (χ0v) is 15.1. The Morgan fingerprint density at radius 1 is 1.08 bits per heavy atom. The predicted molar refractivity (Wildman–Crippen MR) is 103 cm³/mol. The molecular formula is C19H20N4OS. The molecule has 0 saturated carbocycles. The number of amides is 1. The molecule has 0 bridgehead atoms. The Morgan fingerprint density at radius 2 is 1.84 bits per heavy atom. The van der Waals surface area contributed by atoms with Crippen molar-refractivity contribution in [3.63, 3.8) is 0 Å². The summed E-state index contributed by atoms with van der Waals surface area (Å²) in [5, 5.41) is 5.31. The van der Waals surface area contributed by atoms with Gasteiger partial charge in [0, 0.05) is 35.9 Å². The standard InChI is InChI=1S/C19H20N4OS/c1-3-23(4-2)15-10-8-14(9-11-15)18(24)22-19-21-17(13-25-19)16-7-5-6-12-20-16/h5-13H,3-4H2,1-2H3,(H,21,22,24). The number of nitrogens with zero attached hydrogens (tertiary/aromatic N) is 3. The Hall–Kier alpha value is -2.73. The largest absolute Gasteiger partial charge is 0.372 e. The van der Waals surface area contributed by atoms with E-state index in [0.29, 0.717) is 10.7 Å². The van der Waals surface area contributed by atoms with Crippen LogP contribution in [-0.4, -0.2) is 29.0 Å². The molecule has 0 radical (unpaired) electrons. The van der Waals surface area contributed by atoms with Gasteiger partial charge in [-0.1, -0.05) is 6.07 Å². The summed E-state index contributed by atoms with van der Waals surface area (Å²) in [5.74, 6) is -0.159. The molecule has 6 heteroatoms. The van der Waals surface area contributed by atoms with Crippen molar-refractivity contribution in [3.05, 3.63) is 59.6 Å². The van der Waals surface area contributed by atoms with Crippen LogP contribution in [0.5, 0.6) is 0 Å². The average molecular weight is 352 g/mol. The van der Waals surface area contributed by atoms with Gasteiger partial charge < -0.3 is 4.90 Å². The molecule has 0 fully saturated rings. The van der Waals surface area contributed by atoms with E-state index in [1.807, 2.05) is 47.8 Å². The van der Waals surface area contributed by atoms with Gasteiger partial charge in [0.25, 0.3) is 5.91 Å². The fraction of sp³-hybridized carbons (Fsp3) is 0.211. The van der Waals surface area contributed by atoms with E-state index in [9.17, 15) is 4.79 Å². The Labute approximate surface area is 151 Å². The van der Waals surface area contributed by atoms with Gasteiger partial charge in [0.05, 0.1) is 5.69 Å². The quantitative estimate of drug-likeness (QED) is 0.718. The monoisotopic (exact) mass is 352 g/mol. The number of pyridine rings is 1. The minimum Gasteiger partial charge on any atom is -0.372 e. The van der Waals surface area contributed by atoms with Crippen LogP contribution in [0, 0.1) is 0 Å². The van der Waals surface area contributed by atoms with Gasteiger partial charge in [-0.25, -0.2) is 4.98 Å². The number of rotatable bonds is 6. The summed E-state index contributed by atoms with van der Waals surface area (Å²) < 4.78 is 0. The number of thiazole rings is 1. The van der Waals surface area contributed by atoms with Crippen LogP contribution in [-0.2, 0) is 0 Å². The highest BCUT2D eigenvalue weighted by atomic mass is 32.1. The van der Waals surface area contributed by atoms with Crippen LogP contribution in [0.15, 0.2) is 54.0 Å². The van der Waals surface area contributed by atoms with Gasteiger partial charge in [0.1, 0.15) is 5.69 Å². The summed E-state index contributed by atoms with van der Waals surface area (Å²) >= 11 is 1.39. The topological polar surface area (TPSA) is 58.1 Å². The van der Waals surface area contributed by atoms with Crippen LogP contribution in [0.4, 0.5) is 10.8 Å². The minimum absolute atomic E-state index is 0.159. The van der Waals surface area contributed by atoms with Crippen molar-refractivity contribution in [2.75, 3.05) is 23.3 Å². The molecule has 1 amide bonds. The number of hydrogen-bond acceptors (Lipinski definition) is 5. The van der Waals surface area contributed by atoms with Gasteiger partial charge in [-0.15, -0.1) is 11.3 Å². The maximum Gasteiger partial charge on any atom is 0.257 e. The van der Waals surface area contributed by atoms with Crippen molar-refractivity contribution in [2.24, 2.45) is 0 Å². The number of aromatic nitrogens is 2. The van der Waals surface area contributed by atoms with Crippen molar-refractivity contribution in [1.29, 1.82) is 0 Å². The summed E-state index contributed by atoms with van der Waals surface area (Å²) in [6.07, 6.45) is 1.73. The lowest BCUT2D eigenvalue weighted by atomic mass is 10.2. The first-order valence-electron chi connectivity index (χ1n) is 8.24.